The minimum absolute atomic E-state index is 0.0646. The van der Waals surface area contributed by atoms with Gasteiger partial charge in [0.15, 0.2) is 5.82 Å². The quantitative estimate of drug-likeness (QED) is 0.474. The van der Waals surface area contributed by atoms with Gasteiger partial charge >= 0.3 is 6.03 Å². The van der Waals surface area contributed by atoms with Gasteiger partial charge in [-0.25, -0.2) is 14.8 Å². The summed E-state index contributed by atoms with van der Waals surface area (Å²) in [4.78, 5) is 26.5. The molecule has 0 saturated carbocycles. The fourth-order valence-corrected chi connectivity index (χ4v) is 4.21. The van der Waals surface area contributed by atoms with E-state index in [9.17, 15) is 4.79 Å². The number of carbonyl (C=O) groups is 1. The summed E-state index contributed by atoms with van der Waals surface area (Å²) in [5, 5.41) is 5.26. The topological polar surface area (TPSA) is 61.4 Å². The molecule has 5 rings (SSSR count). The smallest absolute Gasteiger partial charge is 0.321 e. The molecule has 2 heterocycles. The molecule has 1 fully saturated rings. The van der Waals surface area contributed by atoms with Crippen LogP contribution in [0.15, 0.2) is 72.8 Å². The van der Waals surface area contributed by atoms with Gasteiger partial charge in [-0.15, -0.1) is 0 Å². The van der Waals surface area contributed by atoms with Crippen LogP contribution in [0.5, 0.6) is 0 Å². The first-order valence-corrected chi connectivity index (χ1v) is 11.3. The molecule has 0 bridgehead atoms. The first kappa shape index (κ1) is 20.9. The Morgan fingerprint density at radius 1 is 0.848 bits per heavy atom. The molecule has 2 amide bonds. The number of aryl methyl sites for hydroxylation is 2. The second-order valence-electron chi connectivity index (χ2n) is 8.49. The summed E-state index contributed by atoms with van der Waals surface area (Å²) in [6.45, 7) is 6.80. The lowest BCUT2D eigenvalue weighted by atomic mass is 10.1. The zero-order valence-corrected chi connectivity index (χ0v) is 19.0. The van der Waals surface area contributed by atoms with Crippen molar-refractivity contribution in [1.29, 1.82) is 0 Å². The maximum absolute atomic E-state index is 12.9. The first-order valence-electron chi connectivity index (χ1n) is 11.3. The number of hydrogen-bond acceptors (Lipinski definition) is 4. The van der Waals surface area contributed by atoms with Gasteiger partial charge in [0.25, 0.3) is 0 Å². The van der Waals surface area contributed by atoms with Gasteiger partial charge in [-0.05, 0) is 25.3 Å². The number of nitrogens with one attached hydrogen (secondary N) is 1. The molecule has 166 valence electrons. The van der Waals surface area contributed by atoms with E-state index in [4.69, 9.17) is 4.98 Å². The molecule has 1 aliphatic heterocycles. The van der Waals surface area contributed by atoms with E-state index in [1.165, 1.54) is 5.56 Å². The summed E-state index contributed by atoms with van der Waals surface area (Å²) in [5.74, 6) is 1.65. The Kier molecular flexibility index (Phi) is 5.65. The fourth-order valence-electron chi connectivity index (χ4n) is 4.21. The number of aromatic nitrogens is 2. The van der Waals surface area contributed by atoms with Crippen molar-refractivity contribution in [3.63, 3.8) is 0 Å². The van der Waals surface area contributed by atoms with Gasteiger partial charge in [0.05, 0.1) is 5.69 Å². The third kappa shape index (κ3) is 4.51. The standard InChI is InChI=1S/C27H27N5O/c1-19-10-12-22(13-11-19)26-28-20(2)18-25(30-26)31-14-16-32(17-15-31)27(33)29-24-9-5-7-21-6-3-4-8-23(21)24/h3-13,18H,14-17H2,1-2H3,(H,29,33). The average molecular weight is 438 g/mol. The summed E-state index contributed by atoms with van der Waals surface area (Å²) < 4.78 is 0. The van der Waals surface area contributed by atoms with Crippen LogP contribution < -0.4 is 10.2 Å². The number of fused-ring (bicyclic) bond motifs is 1. The van der Waals surface area contributed by atoms with Crippen molar-refractivity contribution in [2.24, 2.45) is 0 Å². The normalized spacial score (nSPS) is 13.9. The van der Waals surface area contributed by atoms with Gasteiger partial charge in [-0.2, -0.15) is 0 Å². The van der Waals surface area contributed by atoms with E-state index < -0.39 is 0 Å². The van der Waals surface area contributed by atoms with Gasteiger partial charge in [-0.3, -0.25) is 0 Å². The van der Waals surface area contributed by atoms with Gasteiger partial charge < -0.3 is 15.1 Å². The largest absolute Gasteiger partial charge is 0.353 e. The van der Waals surface area contributed by atoms with Gasteiger partial charge in [0.2, 0.25) is 0 Å². The zero-order valence-electron chi connectivity index (χ0n) is 19.0. The van der Waals surface area contributed by atoms with Crippen molar-refractivity contribution in [3.05, 3.63) is 84.1 Å². The predicted octanol–water partition coefficient (Wildman–Crippen LogP) is 5.27. The Bertz CT molecular complexity index is 1290. The summed E-state index contributed by atoms with van der Waals surface area (Å²) in [6, 6.07) is 24.3. The molecule has 0 atom stereocenters. The molecule has 1 aromatic heterocycles. The minimum Gasteiger partial charge on any atom is -0.353 e. The van der Waals surface area contributed by atoms with Crippen molar-refractivity contribution < 1.29 is 4.79 Å². The summed E-state index contributed by atoms with van der Waals surface area (Å²) >= 11 is 0. The number of rotatable bonds is 3. The van der Waals surface area contributed by atoms with E-state index in [1.54, 1.807) is 0 Å². The minimum atomic E-state index is -0.0646. The number of urea groups is 1. The van der Waals surface area contributed by atoms with Crippen LogP contribution in [0.25, 0.3) is 22.2 Å². The van der Waals surface area contributed by atoms with Crippen LogP contribution in [0.4, 0.5) is 16.3 Å². The van der Waals surface area contributed by atoms with Crippen LogP contribution in [0.1, 0.15) is 11.3 Å². The molecular formula is C27H27N5O. The molecule has 0 aliphatic carbocycles. The van der Waals surface area contributed by atoms with Crippen molar-refractivity contribution >= 4 is 28.3 Å². The van der Waals surface area contributed by atoms with Gasteiger partial charge in [-0.1, -0.05) is 66.2 Å². The second-order valence-corrected chi connectivity index (χ2v) is 8.49. The Balaban J connectivity index is 1.27. The van der Waals surface area contributed by atoms with Gasteiger partial charge in [0, 0.05) is 48.9 Å². The Morgan fingerprint density at radius 2 is 1.58 bits per heavy atom. The zero-order chi connectivity index (χ0) is 22.8. The van der Waals surface area contributed by atoms with Crippen molar-refractivity contribution in [1.82, 2.24) is 14.9 Å². The molecule has 4 aromatic rings. The molecule has 3 aromatic carbocycles. The average Bonchev–Trinajstić information content (AvgIpc) is 2.84. The van der Waals surface area contributed by atoms with E-state index in [2.05, 4.69) is 58.5 Å². The Hall–Kier alpha value is -3.93. The fraction of sp³-hybridized carbons (Fsp3) is 0.222. The monoisotopic (exact) mass is 437 g/mol. The van der Waals surface area contributed by atoms with E-state index in [-0.39, 0.29) is 6.03 Å². The summed E-state index contributed by atoms with van der Waals surface area (Å²) in [7, 11) is 0. The van der Waals surface area contributed by atoms with E-state index >= 15 is 0 Å². The van der Waals surface area contributed by atoms with Crippen LogP contribution in [-0.4, -0.2) is 47.1 Å². The summed E-state index contributed by atoms with van der Waals surface area (Å²) in [6.07, 6.45) is 0. The first-order chi connectivity index (χ1) is 16.1. The van der Waals surface area contributed by atoms with Crippen LogP contribution >= 0.6 is 0 Å². The number of benzene rings is 3. The summed E-state index contributed by atoms with van der Waals surface area (Å²) in [5.41, 5.74) is 4.00. The SMILES string of the molecule is Cc1ccc(-c2nc(C)cc(N3CCN(C(=O)Nc4cccc5ccccc45)CC3)n2)cc1. The van der Waals surface area contributed by atoms with Crippen molar-refractivity contribution in [2.45, 2.75) is 13.8 Å². The van der Waals surface area contributed by atoms with Crippen molar-refractivity contribution in [3.8, 4) is 11.4 Å². The van der Waals surface area contributed by atoms with Crippen LogP contribution in [0, 0.1) is 13.8 Å². The number of piperazine rings is 1. The highest BCUT2D eigenvalue weighted by Crippen LogP contribution is 2.24. The number of amides is 2. The van der Waals surface area contributed by atoms with Crippen LogP contribution in [-0.2, 0) is 0 Å². The number of nitrogens with zero attached hydrogens (tertiary/aromatic N) is 4. The van der Waals surface area contributed by atoms with E-state index in [0.717, 1.165) is 52.4 Å². The molecular weight excluding hydrogens is 410 g/mol. The molecule has 0 spiro atoms. The molecule has 1 aliphatic rings. The highest BCUT2D eigenvalue weighted by atomic mass is 16.2. The van der Waals surface area contributed by atoms with Crippen molar-refractivity contribution in [2.75, 3.05) is 36.4 Å². The Labute approximate surface area is 193 Å². The molecule has 0 radical (unpaired) electrons. The predicted molar refractivity (Wildman–Crippen MR) is 134 cm³/mol. The molecule has 0 unspecified atom stereocenters. The van der Waals surface area contributed by atoms with Crippen LogP contribution in [0.3, 0.4) is 0 Å². The third-order valence-corrected chi connectivity index (χ3v) is 6.07. The van der Waals surface area contributed by atoms with E-state index in [0.29, 0.717) is 13.1 Å². The second kappa shape index (κ2) is 8.90. The number of hydrogen-bond donors (Lipinski definition) is 1. The highest BCUT2D eigenvalue weighted by molar-refractivity contribution is 6.01. The highest BCUT2D eigenvalue weighted by Gasteiger charge is 2.23. The lowest BCUT2D eigenvalue weighted by molar-refractivity contribution is 0.208. The van der Waals surface area contributed by atoms with Crippen LogP contribution in [0.2, 0.25) is 0 Å². The number of anilines is 2. The Morgan fingerprint density at radius 3 is 2.36 bits per heavy atom. The molecule has 6 nitrogen and oxygen atoms in total. The molecule has 33 heavy (non-hydrogen) atoms. The van der Waals surface area contributed by atoms with E-state index in [1.807, 2.05) is 48.2 Å². The lowest BCUT2D eigenvalue weighted by Crippen LogP contribution is -2.50. The molecule has 1 saturated heterocycles. The molecule has 6 heteroatoms. The van der Waals surface area contributed by atoms with Gasteiger partial charge in [0.1, 0.15) is 5.82 Å². The number of carbonyl (C=O) groups excluding carboxylic acids is 1. The third-order valence-electron chi connectivity index (χ3n) is 6.07. The molecule has 1 N–H and O–H groups in total. The maximum atomic E-state index is 12.9. The maximum Gasteiger partial charge on any atom is 0.321 e. The lowest BCUT2D eigenvalue weighted by Gasteiger charge is -2.35.